The summed E-state index contributed by atoms with van der Waals surface area (Å²) in [6.07, 6.45) is 14.1. The molecule has 0 spiro atoms. The van der Waals surface area contributed by atoms with Gasteiger partial charge in [-0.2, -0.15) is 0 Å². The van der Waals surface area contributed by atoms with Gasteiger partial charge in [-0.3, -0.25) is 4.79 Å². The molecule has 0 aromatic carbocycles. The summed E-state index contributed by atoms with van der Waals surface area (Å²) in [5, 5.41) is 11.5. The largest absolute Gasteiger partial charge is 0.389 e. The van der Waals surface area contributed by atoms with E-state index in [9.17, 15) is 9.90 Å². The van der Waals surface area contributed by atoms with Crippen molar-refractivity contribution in [3.8, 4) is 0 Å². The SMILES string of the molecule is C[C@]12CC[C@](O)(CN3CCCCC3)C[C@@H]1CC[C@@H]1[C@@H]2CC[C@]2(C)C(=O)CC[C@@H]12. The molecule has 4 saturated carbocycles. The van der Waals surface area contributed by atoms with Crippen molar-refractivity contribution in [3.05, 3.63) is 0 Å². The Morgan fingerprint density at radius 2 is 1.75 bits per heavy atom. The lowest BCUT2D eigenvalue weighted by atomic mass is 9.44. The zero-order valence-corrected chi connectivity index (χ0v) is 18.2. The zero-order chi connectivity index (χ0) is 19.6. The van der Waals surface area contributed by atoms with Gasteiger partial charge in [0.05, 0.1) is 5.60 Å². The summed E-state index contributed by atoms with van der Waals surface area (Å²) in [5.74, 6) is 3.43. The van der Waals surface area contributed by atoms with Crippen LogP contribution in [0.5, 0.6) is 0 Å². The van der Waals surface area contributed by atoms with E-state index in [2.05, 4.69) is 18.7 Å². The molecule has 3 nitrogen and oxygen atoms in total. The second-order valence-corrected chi connectivity index (χ2v) is 11.8. The van der Waals surface area contributed by atoms with Crippen LogP contribution in [0, 0.1) is 34.5 Å². The molecule has 1 aliphatic heterocycles. The zero-order valence-electron chi connectivity index (χ0n) is 18.2. The molecule has 4 aliphatic carbocycles. The lowest BCUT2D eigenvalue weighted by Gasteiger charge is -2.61. The van der Waals surface area contributed by atoms with Crippen molar-refractivity contribution in [2.75, 3.05) is 19.6 Å². The van der Waals surface area contributed by atoms with Crippen LogP contribution in [0.25, 0.3) is 0 Å². The van der Waals surface area contributed by atoms with Crippen LogP contribution < -0.4 is 0 Å². The van der Waals surface area contributed by atoms with Gasteiger partial charge in [-0.1, -0.05) is 20.3 Å². The summed E-state index contributed by atoms with van der Waals surface area (Å²) < 4.78 is 0. The van der Waals surface area contributed by atoms with Gasteiger partial charge in [0, 0.05) is 18.4 Å². The predicted octanol–water partition coefficient (Wildman–Crippen LogP) is 4.82. The number of piperidine rings is 1. The summed E-state index contributed by atoms with van der Waals surface area (Å²) in [4.78, 5) is 15.1. The van der Waals surface area contributed by atoms with Crippen LogP contribution in [0.3, 0.4) is 0 Å². The van der Waals surface area contributed by atoms with Crippen LogP contribution in [0.4, 0.5) is 0 Å². The van der Waals surface area contributed by atoms with Gasteiger partial charge in [0.2, 0.25) is 0 Å². The van der Waals surface area contributed by atoms with E-state index >= 15 is 0 Å². The summed E-state index contributed by atoms with van der Waals surface area (Å²) in [7, 11) is 0. The van der Waals surface area contributed by atoms with Crippen LogP contribution in [-0.4, -0.2) is 41.0 Å². The fourth-order valence-electron chi connectivity index (χ4n) is 8.77. The average Bonchev–Trinajstić information content (AvgIpc) is 2.98. The highest BCUT2D eigenvalue weighted by molar-refractivity contribution is 5.87. The third-order valence-corrected chi connectivity index (χ3v) is 10.5. The molecule has 1 heterocycles. The highest BCUT2D eigenvalue weighted by atomic mass is 16.3. The van der Waals surface area contributed by atoms with E-state index in [1.807, 2.05) is 0 Å². The molecule has 1 N–H and O–H groups in total. The first kappa shape index (κ1) is 19.5. The maximum atomic E-state index is 12.6. The molecule has 7 atom stereocenters. The van der Waals surface area contributed by atoms with E-state index < -0.39 is 5.60 Å². The molecule has 3 heteroatoms. The van der Waals surface area contributed by atoms with E-state index in [1.54, 1.807) is 0 Å². The topological polar surface area (TPSA) is 40.5 Å². The Morgan fingerprint density at radius 1 is 0.964 bits per heavy atom. The van der Waals surface area contributed by atoms with Gasteiger partial charge >= 0.3 is 0 Å². The maximum Gasteiger partial charge on any atom is 0.139 e. The van der Waals surface area contributed by atoms with Crippen LogP contribution >= 0.6 is 0 Å². The second-order valence-electron chi connectivity index (χ2n) is 11.8. The first-order valence-electron chi connectivity index (χ1n) is 12.3. The number of hydrogen-bond acceptors (Lipinski definition) is 3. The van der Waals surface area contributed by atoms with Gasteiger partial charge in [0.1, 0.15) is 5.78 Å². The van der Waals surface area contributed by atoms with Crippen molar-refractivity contribution in [2.24, 2.45) is 34.5 Å². The van der Waals surface area contributed by atoms with Gasteiger partial charge in [-0.25, -0.2) is 0 Å². The summed E-state index contributed by atoms with van der Waals surface area (Å²) in [6, 6.07) is 0. The molecule has 5 aliphatic rings. The normalized spacial score (nSPS) is 52.0. The highest BCUT2D eigenvalue weighted by Crippen LogP contribution is 2.66. The van der Waals surface area contributed by atoms with Crippen molar-refractivity contribution in [3.63, 3.8) is 0 Å². The maximum absolute atomic E-state index is 12.6. The Balaban J connectivity index is 1.31. The Hall–Kier alpha value is -0.410. The number of fused-ring (bicyclic) bond motifs is 5. The van der Waals surface area contributed by atoms with Gasteiger partial charge in [0.25, 0.3) is 0 Å². The average molecular weight is 388 g/mol. The minimum absolute atomic E-state index is 0.00592. The fraction of sp³-hybridized carbons (Fsp3) is 0.960. The van der Waals surface area contributed by atoms with Crippen molar-refractivity contribution in [1.82, 2.24) is 4.90 Å². The number of carbonyl (C=O) groups is 1. The molecule has 5 rings (SSSR count). The number of hydrogen-bond donors (Lipinski definition) is 1. The molecule has 0 unspecified atom stereocenters. The quantitative estimate of drug-likeness (QED) is 0.739. The van der Waals surface area contributed by atoms with Gasteiger partial charge < -0.3 is 10.0 Å². The lowest BCUT2D eigenvalue weighted by molar-refractivity contribution is -0.157. The number of ketones is 1. The van der Waals surface area contributed by atoms with E-state index in [0.717, 1.165) is 50.5 Å². The van der Waals surface area contributed by atoms with Gasteiger partial charge in [0.15, 0.2) is 0 Å². The van der Waals surface area contributed by atoms with Crippen LogP contribution in [0.2, 0.25) is 0 Å². The van der Waals surface area contributed by atoms with E-state index in [0.29, 0.717) is 23.0 Å². The van der Waals surface area contributed by atoms with E-state index in [4.69, 9.17) is 0 Å². The molecule has 0 amide bonds. The van der Waals surface area contributed by atoms with Crippen molar-refractivity contribution >= 4 is 5.78 Å². The summed E-state index contributed by atoms with van der Waals surface area (Å²) >= 11 is 0. The Morgan fingerprint density at radius 3 is 2.54 bits per heavy atom. The molecule has 0 aromatic heterocycles. The molecule has 1 saturated heterocycles. The standard InChI is InChI=1S/C25H41NO2/c1-23-12-13-25(28,17-26-14-4-3-5-15-26)16-18(23)6-7-19-20-8-9-22(27)24(20,2)11-10-21(19)23/h18-21,28H,3-17H2,1-2H3/t18-,19-,20-,21-,23-,24-,25+/m0/s1. The number of Topliss-reactive ketones (excluding diaryl/α,β-unsaturated/α-hetero) is 1. The van der Waals surface area contributed by atoms with Crippen LogP contribution in [0.1, 0.15) is 90.9 Å². The number of rotatable bonds is 2. The number of likely N-dealkylation sites (tertiary alicyclic amines) is 1. The number of β-amino-alcohol motifs (C(OH)–C–C–N with tert-alkyl or cyclic N) is 1. The predicted molar refractivity (Wildman–Crippen MR) is 112 cm³/mol. The molecule has 158 valence electrons. The van der Waals surface area contributed by atoms with Crippen molar-refractivity contribution < 1.29 is 9.90 Å². The smallest absolute Gasteiger partial charge is 0.139 e. The highest BCUT2D eigenvalue weighted by Gasteiger charge is 2.61. The summed E-state index contributed by atoms with van der Waals surface area (Å²) in [5.41, 5.74) is -0.0705. The number of nitrogens with zero attached hydrogens (tertiary/aromatic N) is 1. The van der Waals surface area contributed by atoms with Crippen LogP contribution in [0.15, 0.2) is 0 Å². The Bertz CT molecular complexity index is 628. The second kappa shape index (κ2) is 6.80. The third kappa shape index (κ3) is 2.94. The molecule has 0 aromatic rings. The monoisotopic (exact) mass is 387 g/mol. The molecule has 0 radical (unpaired) electrons. The van der Waals surface area contributed by atoms with Gasteiger partial charge in [-0.05, 0) is 106 Å². The molecule has 5 fully saturated rings. The van der Waals surface area contributed by atoms with Crippen molar-refractivity contribution in [1.29, 1.82) is 0 Å². The number of carbonyl (C=O) groups excluding carboxylic acids is 1. The Labute approximate surface area is 171 Å². The summed E-state index contributed by atoms with van der Waals surface area (Å²) in [6.45, 7) is 8.12. The van der Waals surface area contributed by atoms with Crippen LogP contribution in [-0.2, 0) is 4.79 Å². The number of aliphatic hydroxyl groups is 1. The molecular formula is C25H41NO2. The van der Waals surface area contributed by atoms with Gasteiger partial charge in [-0.15, -0.1) is 0 Å². The first-order chi connectivity index (χ1) is 13.3. The minimum atomic E-state index is -0.457. The Kier molecular flexibility index (Phi) is 4.75. The minimum Gasteiger partial charge on any atom is -0.389 e. The molecular weight excluding hydrogens is 346 g/mol. The molecule has 28 heavy (non-hydrogen) atoms. The van der Waals surface area contributed by atoms with E-state index in [-0.39, 0.29) is 5.41 Å². The third-order valence-electron chi connectivity index (χ3n) is 10.5. The molecule has 0 bridgehead atoms. The fourth-order valence-corrected chi connectivity index (χ4v) is 8.77. The van der Waals surface area contributed by atoms with Crippen molar-refractivity contribution in [2.45, 2.75) is 96.5 Å². The first-order valence-corrected chi connectivity index (χ1v) is 12.3. The van der Waals surface area contributed by atoms with E-state index in [1.165, 1.54) is 58.0 Å². The lowest BCUT2D eigenvalue weighted by Crippen LogP contribution is -2.58.